The average molecular weight is 211 g/mol. The number of hydrogen-bond donors (Lipinski definition) is 0. The summed E-state index contributed by atoms with van der Waals surface area (Å²) in [7, 11) is 1.35. The van der Waals surface area contributed by atoms with E-state index in [-0.39, 0.29) is 17.9 Å². The zero-order valence-electron chi connectivity index (χ0n) is 9.40. The second-order valence-electron chi connectivity index (χ2n) is 3.96. The molecule has 0 unspecified atom stereocenters. The lowest BCUT2D eigenvalue weighted by Gasteiger charge is -2.34. The topological polar surface area (TPSA) is 46.6 Å². The van der Waals surface area contributed by atoms with Crippen LogP contribution in [0.4, 0.5) is 0 Å². The highest BCUT2D eigenvalue weighted by atomic mass is 16.5. The van der Waals surface area contributed by atoms with Gasteiger partial charge < -0.3 is 9.64 Å². The molecule has 84 valence electrons. The van der Waals surface area contributed by atoms with Crippen LogP contribution in [0, 0.1) is 5.92 Å². The Balaban J connectivity index is 2.58. The van der Waals surface area contributed by atoms with Gasteiger partial charge >= 0.3 is 5.97 Å². The van der Waals surface area contributed by atoms with E-state index >= 15 is 0 Å². The van der Waals surface area contributed by atoms with Crippen molar-refractivity contribution in [2.45, 2.75) is 26.3 Å². The molecule has 1 saturated heterocycles. The predicted molar refractivity (Wildman–Crippen MR) is 56.1 cm³/mol. The lowest BCUT2D eigenvalue weighted by Crippen LogP contribution is -2.42. The average Bonchev–Trinajstić information content (AvgIpc) is 2.21. The normalized spacial score (nSPS) is 27.1. The van der Waals surface area contributed by atoms with Crippen molar-refractivity contribution in [3.63, 3.8) is 0 Å². The van der Waals surface area contributed by atoms with Crippen molar-refractivity contribution < 1.29 is 14.3 Å². The van der Waals surface area contributed by atoms with E-state index in [1.165, 1.54) is 13.2 Å². The summed E-state index contributed by atoms with van der Waals surface area (Å²) in [5.41, 5.74) is 0. The summed E-state index contributed by atoms with van der Waals surface area (Å²) < 4.78 is 4.51. The van der Waals surface area contributed by atoms with Crippen molar-refractivity contribution in [1.29, 1.82) is 0 Å². The molecular formula is C11H17NO3. The highest BCUT2D eigenvalue weighted by molar-refractivity contribution is 5.83. The monoisotopic (exact) mass is 211 g/mol. The zero-order chi connectivity index (χ0) is 11.4. The van der Waals surface area contributed by atoms with Crippen LogP contribution < -0.4 is 0 Å². The molecule has 2 atom stereocenters. The number of methoxy groups -OCH3 is 1. The molecule has 0 amide bonds. The van der Waals surface area contributed by atoms with E-state index in [4.69, 9.17) is 0 Å². The standard InChI is InChI=1S/C11H17NO3/c1-8-7-12(5-4-11(14)15-3)9(2)6-10(8)13/h4-5,8-9H,6-7H2,1-3H3/b5-4+/t8-,9+/m0/s1. The number of carbonyl (C=O) groups is 2. The highest BCUT2D eigenvalue weighted by Crippen LogP contribution is 2.18. The van der Waals surface area contributed by atoms with Crippen molar-refractivity contribution in [1.82, 2.24) is 4.90 Å². The second-order valence-corrected chi connectivity index (χ2v) is 3.96. The van der Waals surface area contributed by atoms with E-state index in [9.17, 15) is 9.59 Å². The molecule has 1 aliphatic heterocycles. The number of rotatable bonds is 2. The number of esters is 1. The quantitative estimate of drug-likeness (QED) is 0.504. The maximum absolute atomic E-state index is 11.4. The summed E-state index contributed by atoms with van der Waals surface area (Å²) in [5.74, 6) is -0.0273. The Morgan fingerprint density at radius 3 is 2.80 bits per heavy atom. The number of nitrogens with zero attached hydrogens (tertiary/aromatic N) is 1. The molecule has 0 aromatic carbocycles. The number of likely N-dealkylation sites (tertiary alicyclic amines) is 1. The third-order valence-electron chi connectivity index (χ3n) is 2.70. The molecule has 0 spiro atoms. The smallest absolute Gasteiger partial charge is 0.331 e. The number of hydrogen-bond acceptors (Lipinski definition) is 4. The molecule has 0 aromatic rings. The van der Waals surface area contributed by atoms with Gasteiger partial charge in [-0.05, 0) is 6.92 Å². The fourth-order valence-corrected chi connectivity index (χ4v) is 1.64. The van der Waals surface area contributed by atoms with Gasteiger partial charge in [0, 0.05) is 37.2 Å². The summed E-state index contributed by atoms with van der Waals surface area (Å²) in [5, 5.41) is 0. The van der Waals surface area contributed by atoms with Gasteiger partial charge in [-0.1, -0.05) is 6.92 Å². The first kappa shape index (κ1) is 11.8. The van der Waals surface area contributed by atoms with Crippen molar-refractivity contribution in [2.75, 3.05) is 13.7 Å². The van der Waals surface area contributed by atoms with Crippen LogP contribution in [0.5, 0.6) is 0 Å². The van der Waals surface area contributed by atoms with Gasteiger partial charge in [-0.3, -0.25) is 4.79 Å². The Labute approximate surface area is 89.9 Å². The van der Waals surface area contributed by atoms with Gasteiger partial charge in [-0.2, -0.15) is 0 Å². The van der Waals surface area contributed by atoms with Crippen LogP contribution in [0.25, 0.3) is 0 Å². The summed E-state index contributed by atoms with van der Waals surface area (Å²) in [6.45, 7) is 4.56. The van der Waals surface area contributed by atoms with E-state index in [2.05, 4.69) is 4.74 Å². The van der Waals surface area contributed by atoms with Crippen LogP contribution in [0.3, 0.4) is 0 Å². The fraction of sp³-hybridized carbons (Fsp3) is 0.636. The molecule has 0 aromatic heterocycles. The van der Waals surface area contributed by atoms with Crippen molar-refractivity contribution in [3.8, 4) is 0 Å². The third-order valence-corrected chi connectivity index (χ3v) is 2.70. The highest BCUT2D eigenvalue weighted by Gasteiger charge is 2.26. The van der Waals surface area contributed by atoms with E-state index in [0.29, 0.717) is 18.7 Å². The molecule has 1 rings (SSSR count). The first-order chi connectivity index (χ1) is 7.04. The van der Waals surface area contributed by atoms with E-state index in [0.717, 1.165) is 0 Å². The van der Waals surface area contributed by atoms with Gasteiger partial charge in [-0.15, -0.1) is 0 Å². The predicted octanol–water partition coefficient (Wildman–Crippen LogP) is 0.972. The van der Waals surface area contributed by atoms with Crippen LogP contribution in [-0.2, 0) is 14.3 Å². The Morgan fingerprint density at radius 2 is 2.20 bits per heavy atom. The van der Waals surface area contributed by atoms with Gasteiger partial charge in [-0.25, -0.2) is 4.79 Å². The molecule has 0 saturated carbocycles. The van der Waals surface area contributed by atoms with Crippen molar-refractivity contribution in [2.24, 2.45) is 5.92 Å². The van der Waals surface area contributed by atoms with Gasteiger partial charge in [0.2, 0.25) is 0 Å². The van der Waals surface area contributed by atoms with E-state index in [1.807, 2.05) is 18.7 Å². The SMILES string of the molecule is COC(=O)/C=C/N1C[C@H](C)C(=O)C[C@H]1C. The van der Waals surface area contributed by atoms with Crippen LogP contribution in [0.1, 0.15) is 20.3 Å². The Morgan fingerprint density at radius 1 is 1.53 bits per heavy atom. The molecule has 0 bridgehead atoms. The van der Waals surface area contributed by atoms with Crippen LogP contribution in [-0.4, -0.2) is 36.3 Å². The number of ether oxygens (including phenoxy) is 1. The molecule has 0 N–H and O–H groups in total. The molecule has 1 fully saturated rings. The molecule has 4 heteroatoms. The maximum atomic E-state index is 11.4. The molecule has 1 heterocycles. The lowest BCUT2D eigenvalue weighted by molar-refractivity contribution is -0.134. The maximum Gasteiger partial charge on any atom is 0.331 e. The summed E-state index contributed by atoms with van der Waals surface area (Å²) in [6.07, 6.45) is 3.64. The van der Waals surface area contributed by atoms with Gasteiger partial charge in [0.1, 0.15) is 5.78 Å². The molecule has 0 radical (unpaired) electrons. The Kier molecular flexibility index (Phi) is 3.88. The Bertz CT molecular complexity index is 286. The van der Waals surface area contributed by atoms with Crippen LogP contribution >= 0.6 is 0 Å². The summed E-state index contributed by atoms with van der Waals surface area (Å²) in [6, 6.07) is 0.162. The van der Waals surface area contributed by atoms with E-state index in [1.54, 1.807) is 6.20 Å². The van der Waals surface area contributed by atoms with Gasteiger partial charge in [0.05, 0.1) is 7.11 Å². The molecule has 4 nitrogen and oxygen atoms in total. The first-order valence-corrected chi connectivity index (χ1v) is 5.09. The number of ketones is 1. The molecule has 0 aliphatic carbocycles. The number of carbonyl (C=O) groups excluding carboxylic acids is 2. The lowest BCUT2D eigenvalue weighted by atomic mass is 9.94. The zero-order valence-corrected chi connectivity index (χ0v) is 9.40. The number of Topliss-reactive ketones (excluding diaryl/α,β-unsaturated/α-hetero) is 1. The number of piperidine rings is 1. The summed E-state index contributed by atoms with van der Waals surface area (Å²) in [4.78, 5) is 24.3. The minimum Gasteiger partial charge on any atom is -0.466 e. The molecule has 15 heavy (non-hydrogen) atoms. The van der Waals surface area contributed by atoms with Crippen LogP contribution in [0.15, 0.2) is 12.3 Å². The third kappa shape index (κ3) is 3.08. The minimum absolute atomic E-state index is 0.0449. The summed E-state index contributed by atoms with van der Waals surface area (Å²) >= 11 is 0. The van der Waals surface area contributed by atoms with E-state index < -0.39 is 0 Å². The van der Waals surface area contributed by atoms with Crippen molar-refractivity contribution >= 4 is 11.8 Å². The molecule has 1 aliphatic rings. The second kappa shape index (κ2) is 4.96. The molecular weight excluding hydrogens is 194 g/mol. The minimum atomic E-state index is -0.369. The Hall–Kier alpha value is -1.32. The van der Waals surface area contributed by atoms with Gasteiger partial charge in [0.25, 0.3) is 0 Å². The fourth-order valence-electron chi connectivity index (χ4n) is 1.64. The van der Waals surface area contributed by atoms with Gasteiger partial charge in [0.15, 0.2) is 0 Å². The van der Waals surface area contributed by atoms with Crippen molar-refractivity contribution in [3.05, 3.63) is 12.3 Å². The van der Waals surface area contributed by atoms with Crippen LogP contribution in [0.2, 0.25) is 0 Å². The first-order valence-electron chi connectivity index (χ1n) is 5.09. The largest absolute Gasteiger partial charge is 0.466 e.